The molecule has 3 nitrogen and oxygen atoms in total. The van der Waals surface area contributed by atoms with Gasteiger partial charge >= 0.3 is 0 Å². The van der Waals surface area contributed by atoms with Crippen LogP contribution >= 0.6 is 0 Å². The summed E-state index contributed by atoms with van der Waals surface area (Å²) in [5.41, 5.74) is 2.95. The highest BCUT2D eigenvalue weighted by Gasteiger charge is 1.97. The second-order valence-corrected chi connectivity index (χ2v) is 3.74. The summed E-state index contributed by atoms with van der Waals surface area (Å²) in [5.74, 6) is 0. The number of benzene rings is 2. The summed E-state index contributed by atoms with van der Waals surface area (Å²) in [4.78, 5) is 1.59. The van der Waals surface area contributed by atoms with Crippen molar-refractivity contribution in [1.29, 1.82) is 0 Å². The van der Waals surface area contributed by atoms with Gasteiger partial charge in [-0.05, 0) is 23.8 Å². The lowest BCUT2D eigenvalue weighted by atomic mass is 10.2. The first kappa shape index (κ1) is 9.78. The summed E-state index contributed by atoms with van der Waals surface area (Å²) in [6.45, 7) is 0. The molecular weight excluding hydrogens is 210 g/mol. The molecule has 0 aliphatic rings. The van der Waals surface area contributed by atoms with E-state index in [4.69, 9.17) is 0 Å². The van der Waals surface area contributed by atoms with Crippen molar-refractivity contribution in [3.63, 3.8) is 0 Å². The Kier molecular flexibility index (Phi) is 2.43. The van der Waals surface area contributed by atoms with E-state index in [0.717, 1.165) is 16.6 Å². The normalized spacial score (nSPS) is 11.3. The Labute approximate surface area is 99.0 Å². The third-order valence-electron chi connectivity index (χ3n) is 2.50. The van der Waals surface area contributed by atoms with Gasteiger partial charge < -0.3 is 0 Å². The van der Waals surface area contributed by atoms with E-state index in [1.54, 1.807) is 4.80 Å². The van der Waals surface area contributed by atoms with Crippen LogP contribution < -0.4 is 0 Å². The Hall–Kier alpha value is -2.42. The van der Waals surface area contributed by atoms with Crippen LogP contribution in [0.2, 0.25) is 0 Å². The van der Waals surface area contributed by atoms with Crippen molar-refractivity contribution >= 4 is 23.3 Å². The Morgan fingerprint density at radius 3 is 2.00 bits per heavy atom. The van der Waals surface area contributed by atoms with Crippen LogP contribution in [0.4, 0.5) is 0 Å². The summed E-state index contributed by atoms with van der Waals surface area (Å²) in [6.07, 6.45) is 3.84. The molecule has 1 heterocycles. The molecule has 3 aromatic rings. The first-order chi connectivity index (χ1) is 8.42. The smallest absolute Gasteiger partial charge is 0.113 e. The number of fused-ring (bicyclic) bond motifs is 1. The molecule has 2 aromatic carbocycles. The number of rotatable bonds is 2. The van der Waals surface area contributed by atoms with E-state index in [1.807, 2.05) is 66.9 Å². The highest BCUT2D eigenvalue weighted by atomic mass is 15.5. The van der Waals surface area contributed by atoms with Crippen molar-refractivity contribution in [3.05, 3.63) is 60.2 Å². The van der Waals surface area contributed by atoms with Gasteiger partial charge in [0.2, 0.25) is 0 Å². The van der Waals surface area contributed by atoms with Gasteiger partial charge in [-0.15, -0.1) is 10.2 Å². The average Bonchev–Trinajstić information content (AvgIpc) is 2.80. The lowest BCUT2D eigenvalue weighted by Gasteiger charge is -1.90. The molecule has 0 amide bonds. The molecule has 0 spiro atoms. The van der Waals surface area contributed by atoms with Crippen molar-refractivity contribution in [2.45, 2.75) is 0 Å². The van der Waals surface area contributed by atoms with Gasteiger partial charge in [0.25, 0.3) is 0 Å². The molecule has 1 aromatic heterocycles. The molecular formula is C14H11N3. The molecule has 0 aliphatic carbocycles. The number of nitrogens with zero attached hydrogens (tertiary/aromatic N) is 3. The zero-order valence-corrected chi connectivity index (χ0v) is 9.19. The van der Waals surface area contributed by atoms with Gasteiger partial charge in [-0.2, -0.15) is 4.80 Å². The quantitative estimate of drug-likeness (QED) is 0.665. The fourth-order valence-electron chi connectivity index (χ4n) is 1.66. The van der Waals surface area contributed by atoms with E-state index in [9.17, 15) is 0 Å². The predicted molar refractivity (Wildman–Crippen MR) is 69.2 cm³/mol. The predicted octanol–water partition coefficient (Wildman–Crippen LogP) is 3.06. The molecule has 0 aliphatic heterocycles. The van der Waals surface area contributed by atoms with Crippen LogP contribution in [0.15, 0.2) is 54.6 Å². The summed E-state index contributed by atoms with van der Waals surface area (Å²) in [5, 5.41) is 8.69. The molecule has 0 saturated carbocycles. The Balaban J connectivity index is 1.92. The minimum Gasteiger partial charge on any atom is -0.158 e. The molecule has 0 atom stereocenters. The van der Waals surface area contributed by atoms with E-state index in [0.29, 0.717) is 0 Å². The SMILES string of the molecule is C(=Cn1nc2ccccc2n1)c1ccccc1. The zero-order valence-electron chi connectivity index (χ0n) is 9.19. The van der Waals surface area contributed by atoms with E-state index in [2.05, 4.69) is 10.2 Å². The van der Waals surface area contributed by atoms with E-state index in [1.165, 1.54) is 0 Å². The molecule has 0 radical (unpaired) electrons. The van der Waals surface area contributed by atoms with E-state index < -0.39 is 0 Å². The van der Waals surface area contributed by atoms with Crippen LogP contribution in [0.25, 0.3) is 23.3 Å². The molecule has 0 saturated heterocycles. The minimum atomic E-state index is 0.908. The molecule has 0 fully saturated rings. The van der Waals surface area contributed by atoms with Gasteiger partial charge in [0, 0.05) is 0 Å². The van der Waals surface area contributed by atoms with Crippen molar-refractivity contribution in [1.82, 2.24) is 15.0 Å². The van der Waals surface area contributed by atoms with Crippen molar-refractivity contribution in [3.8, 4) is 0 Å². The number of hydrogen-bond donors (Lipinski definition) is 0. The Morgan fingerprint density at radius 1 is 0.765 bits per heavy atom. The fraction of sp³-hybridized carbons (Fsp3) is 0. The summed E-state index contributed by atoms with van der Waals surface area (Å²) < 4.78 is 0. The Morgan fingerprint density at radius 2 is 1.35 bits per heavy atom. The first-order valence-corrected chi connectivity index (χ1v) is 5.47. The molecule has 0 N–H and O–H groups in total. The summed E-state index contributed by atoms with van der Waals surface area (Å²) in [7, 11) is 0. The van der Waals surface area contributed by atoms with Gasteiger partial charge in [0.1, 0.15) is 11.0 Å². The molecule has 0 bridgehead atoms. The second-order valence-electron chi connectivity index (χ2n) is 3.74. The highest BCUT2D eigenvalue weighted by molar-refractivity contribution is 5.74. The van der Waals surface area contributed by atoms with Crippen LogP contribution in [0.3, 0.4) is 0 Å². The molecule has 3 heteroatoms. The lowest BCUT2D eigenvalue weighted by Crippen LogP contribution is -1.89. The number of hydrogen-bond acceptors (Lipinski definition) is 2. The fourth-order valence-corrected chi connectivity index (χ4v) is 1.66. The van der Waals surface area contributed by atoms with E-state index >= 15 is 0 Å². The van der Waals surface area contributed by atoms with Crippen molar-refractivity contribution in [2.24, 2.45) is 0 Å². The van der Waals surface area contributed by atoms with Crippen LogP contribution in [-0.4, -0.2) is 15.0 Å². The maximum Gasteiger partial charge on any atom is 0.113 e. The van der Waals surface area contributed by atoms with Crippen LogP contribution in [0.5, 0.6) is 0 Å². The van der Waals surface area contributed by atoms with Gasteiger partial charge in [-0.1, -0.05) is 42.5 Å². The number of aromatic nitrogens is 3. The van der Waals surface area contributed by atoms with Crippen molar-refractivity contribution in [2.75, 3.05) is 0 Å². The highest BCUT2D eigenvalue weighted by Crippen LogP contribution is 2.08. The molecule has 3 rings (SSSR count). The van der Waals surface area contributed by atoms with Crippen LogP contribution in [0.1, 0.15) is 5.56 Å². The third kappa shape index (κ3) is 2.08. The molecule has 82 valence electrons. The van der Waals surface area contributed by atoms with Crippen molar-refractivity contribution < 1.29 is 0 Å². The largest absolute Gasteiger partial charge is 0.158 e. The maximum atomic E-state index is 4.35. The summed E-state index contributed by atoms with van der Waals surface area (Å²) >= 11 is 0. The van der Waals surface area contributed by atoms with Gasteiger partial charge in [-0.25, -0.2) is 0 Å². The topological polar surface area (TPSA) is 30.7 Å². The Bertz CT molecular complexity index is 620. The van der Waals surface area contributed by atoms with Gasteiger partial charge in [0.05, 0.1) is 6.20 Å². The average molecular weight is 221 g/mol. The molecule has 0 unspecified atom stereocenters. The zero-order chi connectivity index (χ0) is 11.5. The maximum absolute atomic E-state index is 4.35. The monoisotopic (exact) mass is 221 g/mol. The van der Waals surface area contributed by atoms with Crippen LogP contribution in [0, 0.1) is 0 Å². The third-order valence-corrected chi connectivity index (χ3v) is 2.50. The minimum absolute atomic E-state index is 0.908. The molecule has 17 heavy (non-hydrogen) atoms. The van der Waals surface area contributed by atoms with Gasteiger partial charge in [-0.3, -0.25) is 0 Å². The standard InChI is InChI=1S/C14H11N3/c1-2-6-12(7-3-1)10-11-17-15-13-8-4-5-9-14(13)16-17/h1-11H. The van der Waals surface area contributed by atoms with E-state index in [-0.39, 0.29) is 0 Å². The summed E-state index contributed by atoms with van der Waals surface area (Å²) in [6, 6.07) is 17.9. The lowest BCUT2D eigenvalue weighted by molar-refractivity contribution is 0.814. The van der Waals surface area contributed by atoms with Crippen LogP contribution in [-0.2, 0) is 0 Å². The first-order valence-electron chi connectivity index (χ1n) is 5.47. The second kappa shape index (κ2) is 4.22. The van der Waals surface area contributed by atoms with Gasteiger partial charge in [0.15, 0.2) is 0 Å².